The standard InChI is InChI=1S/C16H26N2O/c1-13-11-14(5-8-17)3-4-16(13)18-9-6-15(7-10-18)12-19-2/h3-4,11,15H,5-10,12,17H2,1-2H3. The van der Waals surface area contributed by atoms with E-state index in [4.69, 9.17) is 10.5 Å². The lowest BCUT2D eigenvalue weighted by atomic mass is 9.96. The zero-order valence-electron chi connectivity index (χ0n) is 12.2. The molecule has 1 fully saturated rings. The van der Waals surface area contributed by atoms with Crippen molar-refractivity contribution in [2.24, 2.45) is 11.7 Å². The number of nitrogens with zero attached hydrogens (tertiary/aromatic N) is 1. The Balaban J connectivity index is 1.99. The number of benzene rings is 1. The number of hydrogen-bond donors (Lipinski definition) is 1. The van der Waals surface area contributed by atoms with E-state index in [0.29, 0.717) is 0 Å². The molecule has 2 N–H and O–H groups in total. The maximum atomic E-state index is 5.61. The van der Waals surface area contributed by atoms with Crippen LogP contribution in [0.15, 0.2) is 18.2 Å². The summed E-state index contributed by atoms with van der Waals surface area (Å²) < 4.78 is 5.26. The van der Waals surface area contributed by atoms with Gasteiger partial charge in [0, 0.05) is 32.5 Å². The van der Waals surface area contributed by atoms with Crippen molar-refractivity contribution in [2.75, 3.05) is 38.3 Å². The molecular formula is C16H26N2O. The van der Waals surface area contributed by atoms with Crippen LogP contribution < -0.4 is 10.6 Å². The molecule has 0 saturated carbocycles. The van der Waals surface area contributed by atoms with E-state index < -0.39 is 0 Å². The molecule has 1 heterocycles. The lowest BCUT2D eigenvalue weighted by Crippen LogP contribution is -2.35. The maximum absolute atomic E-state index is 5.61. The summed E-state index contributed by atoms with van der Waals surface area (Å²) in [5.41, 5.74) is 9.72. The van der Waals surface area contributed by atoms with Crippen LogP contribution in [0.25, 0.3) is 0 Å². The molecule has 0 aromatic heterocycles. The average Bonchev–Trinajstić information content (AvgIpc) is 2.41. The van der Waals surface area contributed by atoms with Gasteiger partial charge in [-0.25, -0.2) is 0 Å². The third-order valence-corrected chi connectivity index (χ3v) is 4.05. The summed E-state index contributed by atoms with van der Waals surface area (Å²) in [6, 6.07) is 6.76. The third-order valence-electron chi connectivity index (χ3n) is 4.05. The van der Waals surface area contributed by atoms with Crippen molar-refractivity contribution in [1.29, 1.82) is 0 Å². The van der Waals surface area contributed by atoms with Crippen LogP contribution in [0.2, 0.25) is 0 Å². The van der Waals surface area contributed by atoms with E-state index in [1.54, 1.807) is 7.11 Å². The van der Waals surface area contributed by atoms with Crippen LogP contribution in [0.1, 0.15) is 24.0 Å². The minimum absolute atomic E-state index is 0.723. The van der Waals surface area contributed by atoms with Gasteiger partial charge in [0.2, 0.25) is 0 Å². The number of aryl methyl sites for hydroxylation is 1. The van der Waals surface area contributed by atoms with E-state index in [1.165, 1.54) is 29.7 Å². The van der Waals surface area contributed by atoms with Gasteiger partial charge in [0.25, 0.3) is 0 Å². The van der Waals surface area contributed by atoms with Crippen molar-refractivity contribution in [3.8, 4) is 0 Å². The number of hydrogen-bond acceptors (Lipinski definition) is 3. The first kappa shape index (κ1) is 14.4. The normalized spacial score (nSPS) is 16.9. The van der Waals surface area contributed by atoms with Crippen LogP contribution >= 0.6 is 0 Å². The maximum Gasteiger partial charge on any atom is 0.0491 e. The second-order valence-corrected chi connectivity index (χ2v) is 5.55. The van der Waals surface area contributed by atoms with Crippen LogP contribution in [-0.4, -0.2) is 33.4 Å². The fourth-order valence-corrected chi connectivity index (χ4v) is 2.97. The van der Waals surface area contributed by atoms with Gasteiger partial charge in [0.05, 0.1) is 0 Å². The molecule has 0 spiro atoms. The highest BCUT2D eigenvalue weighted by molar-refractivity contribution is 5.54. The largest absolute Gasteiger partial charge is 0.384 e. The van der Waals surface area contributed by atoms with Crippen molar-refractivity contribution in [3.63, 3.8) is 0 Å². The fourth-order valence-electron chi connectivity index (χ4n) is 2.97. The highest BCUT2D eigenvalue weighted by atomic mass is 16.5. The Morgan fingerprint density at radius 1 is 1.32 bits per heavy atom. The summed E-state index contributed by atoms with van der Waals surface area (Å²) in [4.78, 5) is 2.51. The molecule has 19 heavy (non-hydrogen) atoms. The molecule has 2 rings (SSSR count). The molecule has 0 unspecified atom stereocenters. The lowest BCUT2D eigenvalue weighted by Gasteiger charge is -2.34. The molecule has 0 atom stereocenters. The predicted molar refractivity (Wildman–Crippen MR) is 80.8 cm³/mol. The van der Waals surface area contributed by atoms with Crippen molar-refractivity contribution >= 4 is 5.69 Å². The van der Waals surface area contributed by atoms with Crippen molar-refractivity contribution < 1.29 is 4.74 Å². The van der Waals surface area contributed by atoms with Crippen LogP contribution in [-0.2, 0) is 11.2 Å². The number of anilines is 1. The molecule has 0 amide bonds. The third kappa shape index (κ3) is 3.71. The highest BCUT2D eigenvalue weighted by Crippen LogP contribution is 2.27. The monoisotopic (exact) mass is 262 g/mol. The molecule has 1 saturated heterocycles. The van der Waals surface area contributed by atoms with E-state index in [-0.39, 0.29) is 0 Å². The van der Waals surface area contributed by atoms with Crippen LogP contribution in [0.4, 0.5) is 5.69 Å². The zero-order valence-corrected chi connectivity index (χ0v) is 12.2. The van der Waals surface area contributed by atoms with Gasteiger partial charge in [0.15, 0.2) is 0 Å². The Morgan fingerprint density at radius 3 is 2.63 bits per heavy atom. The predicted octanol–water partition coefficient (Wildman–Crippen LogP) is 2.36. The van der Waals surface area contributed by atoms with Crippen molar-refractivity contribution in [1.82, 2.24) is 0 Å². The zero-order chi connectivity index (χ0) is 13.7. The van der Waals surface area contributed by atoms with Gasteiger partial charge in [0.1, 0.15) is 0 Å². The smallest absolute Gasteiger partial charge is 0.0491 e. The van der Waals surface area contributed by atoms with Crippen molar-refractivity contribution in [3.05, 3.63) is 29.3 Å². The van der Waals surface area contributed by atoms with E-state index in [1.807, 2.05) is 0 Å². The Hall–Kier alpha value is -1.06. The Labute approximate surface area is 116 Å². The summed E-state index contributed by atoms with van der Waals surface area (Å²) in [6.07, 6.45) is 3.44. The Morgan fingerprint density at radius 2 is 2.05 bits per heavy atom. The van der Waals surface area contributed by atoms with Crippen LogP contribution in [0.3, 0.4) is 0 Å². The van der Waals surface area contributed by atoms with Gasteiger partial charge in [-0.15, -0.1) is 0 Å². The molecule has 0 radical (unpaired) electrons. The molecule has 0 aliphatic carbocycles. The molecule has 3 nitrogen and oxygen atoms in total. The summed E-state index contributed by atoms with van der Waals surface area (Å²) in [6.45, 7) is 6.12. The fraction of sp³-hybridized carbons (Fsp3) is 0.625. The molecule has 1 aromatic rings. The van der Waals surface area contributed by atoms with Gasteiger partial charge in [-0.05, 0) is 55.8 Å². The Kier molecular flexibility index (Phi) is 5.23. The quantitative estimate of drug-likeness (QED) is 0.885. The van der Waals surface area contributed by atoms with Gasteiger partial charge in [-0.1, -0.05) is 12.1 Å². The number of methoxy groups -OCH3 is 1. The van der Waals surface area contributed by atoms with Gasteiger partial charge in [-0.2, -0.15) is 0 Å². The van der Waals surface area contributed by atoms with Gasteiger partial charge >= 0.3 is 0 Å². The first-order chi connectivity index (χ1) is 9.24. The van der Waals surface area contributed by atoms with Gasteiger partial charge < -0.3 is 15.4 Å². The van der Waals surface area contributed by atoms with Crippen LogP contribution in [0.5, 0.6) is 0 Å². The number of ether oxygens (including phenoxy) is 1. The second-order valence-electron chi connectivity index (χ2n) is 5.55. The average molecular weight is 262 g/mol. The molecule has 3 heteroatoms. The molecular weight excluding hydrogens is 236 g/mol. The number of piperidine rings is 1. The topological polar surface area (TPSA) is 38.5 Å². The highest BCUT2D eigenvalue weighted by Gasteiger charge is 2.20. The van der Waals surface area contributed by atoms with E-state index >= 15 is 0 Å². The molecule has 1 aliphatic heterocycles. The van der Waals surface area contributed by atoms with E-state index in [2.05, 4.69) is 30.0 Å². The molecule has 0 bridgehead atoms. The minimum Gasteiger partial charge on any atom is -0.384 e. The summed E-state index contributed by atoms with van der Waals surface area (Å²) in [5, 5.41) is 0. The van der Waals surface area contributed by atoms with E-state index in [9.17, 15) is 0 Å². The first-order valence-electron chi connectivity index (χ1n) is 7.28. The second kappa shape index (κ2) is 6.92. The molecule has 1 aromatic carbocycles. The summed E-state index contributed by atoms with van der Waals surface area (Å²) >= 11 is 0. The van der Waals surface area contributed by atoms with Crippen LogP contribution in [0, 0.1) is 12.8 Å². The number of nitrogens with two attached hydrogens (primary N) is 1. The molecule has 106 valence electrons. The van der Waals surface area contributed by atoms with E-state index in [0.717, 1.165) is 38.6 Å². The summed E-state index contributed by atoms with van der Waals surface area (Å²) in [7, 11) is 1.80. The summed E-state index contributed by atoms with van der Waals surface area (Å²) in [5.74, 6) is 0.734. The SMILES string of the molecule is COCC1CCN(c2ccc(CCN)cc2C)CC1. The lowest BCUT2D eigenvalue weighted by molar-refractivity contribution is 0.139. The minimum atomic E-state index is 0.723. The molecule has 1 aliphatic rings. The van der Waals surface area contributed by atoms with Crippen molar-refractivity contribution in [2.45, 2.75) is 26.2 Å². The van der Waals surface area contributed by atoms with Gasteiger partial charge in [-0.3, -0.25) is 0 Å². The number of rotatable bonds is 5. The first-order valence-corrected chi connectivity index (χ1v) is 7.28. The Bertz CT molecular complexity index is 398.